The minimum absolute atomic E-state index is 0.0358. The summed E-state index contributed by atoms with van der Waals surface area (Å²) in [5, 5.41) is 9.87. The van der Waals surface area contributed by atoms with E-state index in [1.54, 1.807) is 18.5 Å². The zero-order valence-electron chi connectivity index (χ0n) is 19.1. The number of piperidine rings is 1. The first-order valence-corrected chi connectivity index (χ1v) is 12.1. The number of Topliss-reactive ketones (excluding diaryl/α,β-unsaturated/α-hetero) is 1. The molecular formula is C26H28BrN3O4. The van der Waals surface area contributed by atoms with Crippen molar-refractivity contribution < 1.29 is 14.6 Å². The number of likely N-dealkylation sites (tertiary alicyclic amines) is 1. The predicted octanol–water partition coefficient (Wildman–Crippen LogP) is 3.73. The van der Waals surface area contributed by atoms with E-state index in [9.17, 15) is 14.7 Å². The standard InChI is InChI=1S/C26H28BrN3O4/c1-18-11-19(14-29-9-2-3-22(31)15-29)4-7-24(18)25(32)16-30-10-8-23(12-26(30)33)34-17-21-6-5-20(27)13-28-21/h4-8,10-13,22,31H,2-3,9,14-17H2,1H3/t22-/m0/s1. The van der Waals surface area contributed by atoms with Gasteiger partial charge in [0, 0.05) is 41.6 Å². The summed E-state index contributed by atoms with van der Waals surface area (Å²) in [4.78, 5) is 31.9. The van der Waals surface area contributed by atoms with Gasteiger partial charge in [-0.3, -0.25) is 19.5 Å². The average Bonchev–Trinajstić information content (AvgIpc) is 2.80. The van der Waals surface area contributed by atoms with E-state index in [4.69, 9.17) is 4.74 Å². The number of nitrogens with zero attached hydrogens (tertiary/aromatic N) is 3. The number of hydrogen-bond donors (Lipinski definition) is 1. The molecular weight excluding hydrogens is 498 g/mol. The molecule has 0 saturated carbocycles. The summed E-state index contributed by atoms with van der Waals surface area (Å²) in [7, 11) is 0. The minimum atomic E-state index is -0.299. The quantitative estimate of drug-likeness (QED) is 0.451. The first-order chi connectivity index (χ1) is 16.4. The Balaban J connectivity index is 1.37. The highest BCUT2D eigenvalue weighted by molar-refractivity contribution is 9.10. The van der Waals surface area contributed by atoms with Crippen molar-refractivity contribution in [2.24, 2.45) is 0 Å². The van der Waals surface area contributed by atoms with Crippen molar-refractivity contribution in [3.05, 3.63) is 92.1 Å². The molecule has 1 fully saturated rings. The molecule has 1 aliphatic rings. The Bertz CT molecular complexity index is 1210. The maximum absolute atomic E-state index is 12.9. The lowest BCUT2D eigenvalue weighted by Crippen LogP contribution is -2.37. The van der Waals surface area contributed by atoms with Crippen molar-refractivity contribution in [1.82, 2.24) is 14.5 Å². The number of β-amino-alcohol motifs (C(OH)–C–C–N with tert-alkyl or cyclic N) is 1. The summed E-state index contributed by atoms with van der Waals surface area (Å²) in [5.41, 5.74) is 3.05. The van der Waals surface area contributed by atoms with Crippen LogP contribution < -0.4 is 10.3 Å². The highest BCUT2D eigenvalue weighted by atomic mass is 79.9. The molecule has 178 valence electrons. The first kappa shape index (κ1) is 24.3. The zero-order chi connectivity index (χ0) is 24.1. The average molecular weight is 526 g/mol. The van der Waals surface area contributed by atoms with Crippen LogP contribution in [-0.4, -0.2) is 44.5 Å². The molecule has 0 spiro atoms. The number of aromatic nitrogens is 2. The largest absolute Gasteiger partial charge is 0.487 e. The van der Waals surface area contributed by atoms with Crippen LogP contribution in [0.1, 0.15) is 40.0 Å². The van der Waals surface area contributed by atoms with Gasteiger partial charge in [0.05, 0.1) is 18.3 Å². The molecule has 0 bridgehead atoms. The number of halogens is 1. The normalized spacial score (nSPS) is 16.4. The molecule has 1 N–H and O–H groups in total. The Morgan fingerprint density at radius 2 is 2.09 bits per heavy atom. The van der Waals surface area contributed by atoms with Gasteiger partial charge in [-0.1, -0.05) is 18.2 Å². The second-order valence-corrected chi connectivity index (χ2v) is 9.60. The zero-order valence-corrected chi connectivity index (χ0v) is 20.7. The van der Waals surface area contributed by atoms with Crippen LogP contribution in [0.4, 0.5) is 0 Å². The molecule has 1 aliphatic heterocycles. The number of aliphatic hydroxyl groups is 1. The molecule has 1 aromatic carbocycles. The topological polar surface area (TPSA) is 84.7 Å². The third-order valence-electron chi connectivity index (χ3n) is 5.93. The minimum Gasteiger partial charge on any atom is -0.487 e. The van der Waals surface area contributed by atoms with E-state index in [1.807, 2.05) is 37.3 Å². The van der Waals surface area contributed by atoms with E-state index in [0.29, 0.717) is 17.9 Å². The molecule has 7 nitrogen and oxygen atoms in total. The fraction of sp³-hybridized carbons (Fsp3) is 0.346. The predicted molar refractivity (Wildman–Crippen MR) is 133 cm³/mol. The molecule has 0 amide bonds. The van der Waals surface area contributed by atoms with Crippen molar-refractivity contribution in [2.75, 3.05) is 13.1 Å². The highest BCUT2D eigenvalue weighted by Gasteiger charge is 2.18. The summed E-state index contributed by atoms with van der Waals surface area (Å²) in [6, 6.07) is 12.6. The first-order valence-electron chi connectivity index (χ1n) is 11.3. The van der Waals surface area contributed by atoms with Crippen molar-refractivity contribution >= 4 is 21.7 Å². The number of aryl methyl sites for hydroxylation is 1. The van der Waals surface area contributed by atoms with E-state index in [0.717, 1.165) is 47.2 Å². The van der Waals surface area contributed by atoms with E-state index < -0.39 is 0 Å². The second-order valence-electron chi connectivity index (χ2n) is 8.69. The molecule has 4 rings (SSSR count). The summed E-state index contributed by atoms with van der Waals surface area (Å²) in [5.74, 6) is 0.314. The fourth-order valence-corrected chi connectivity index (χ4v) is 4.40. The molecule has 0 radical (unpaired) electrons. The monoisotopic (exact) mass is 525 g/mol. The molecule has 1 saturated heterocycles. The Labute approximate surface area is 207 Å². The van der Waals surface area contributed by atoms with Gasteiger partial charge in [0.15, 0.2) is 5.78 Å². The molecule has 8 heteroatoms. The summed E-state index contributed by atoms with van der Waals surface area (Å²) < 4.78 is 7.93. The third kappa shape index (κ3) is 6.40. The molecule has 3 aromatic rings. The van der Waals surface area contributed by atoms with E-state index in [2.05, 4.69) is 25.8 Å². The van der Waals surface area contributed by atoms with E-state index >= 15 is 0 Å². The van der Waals surface area contributed by atoms with Crippen LogP contribution >= 0.6 is 15.9 Å². The van der Waals surface area contributed by atoms with E-state index in [-0.39, 0.29) is 30.6 Å². The molecule has 1 atom stereocenters. The Morgan fingerprint density at radius 3 is 2.79 bits per heavy atom. The van der Waals surface area contributed by atoms with Gasteiger partial charge in [-0.25, -0.2) is 0 Å². The Kier molecular flexibility index (Phi) is 7.92. The molecule has 34 heavy (non-hydrogen) atoms. The number of carbonyl (C=O) groups is 1. The second kappa shape index (κ2) is 11.1. The van der Waals surface area contributed by atoms with Crippen LogP contribution in [0.15, 0.2) is 64.1 Å². The number of benzene rings is 1. The van der Waals surface area contributed by atoms with Crippen LogP contribution in [0.3, 0.4) is 0 Å². The van der Waals surface area contributed by atoms with Crippen LogP contribution in [0.5, 0.6) is 5.75 Å². The fourth-order valence-electron chi connectivity index (χ4n) is 4.17. The SMILES string of the molecule is Cc1cc(CN2CCC[C@H](O)C2)ccc1C(=O)Cn1ccc(OCc2ccc(Br)cn2)cc1=O. The Morgan fingerprint density at radius 1 is 1.24 bits per heavy atom. The molecule has 0 aliphatic carbocycles. The Hall–Kier alpha value is -2.81. The number of ether oxygens (including phenoxy) is 1. The number of aliphatic hydroxyl groups excluding tert-OH is 1. The van der Waals surface area contributed by atoms with Gasteiger partial charge in [-0.05, 0) is 71.6 Å². The smallest absolute Gasteiger partial charge is 0.254 e. The molecule has 3 heterocycles. The lowest BCUT2D eigenvalue weighted by Gasteiger charge is -2.30. The summed E-state index contributed by atoms with van der Waals surface area (Å²) >= 11 is 3.34. The van der Waals surface area contributed by atoms with Gasteiger partial charge < -0.3 is 14.4 Å². The van der Waals surface area contributed by atoms with Crippen molar-refractivity contribution in [3.63, 3.8) is 0 Å². The van der Waals surface area contributed by atoms with Gasteiger partial charge >= 0.3 is 0 Å². The van der Waals surface area contributed by atoms with Crippen molar-refractivity contribution in [2.45, 2.75) is 45.6 Å². The highest BCUT2D eigenvalue weighted by Crippen LogP contribution is 2.18. The summed E-state index contributed by atoms with van der Waals surface area (Å²) in [6.45, 7) is 4.53. The van der Waals surface area contributed by atoms with Crippen molar-refractivity contribution in [1.29, 1.82) is 0 Å². The lowest BCUT2D eigenvalue weighted by molar-refractivity contribution is 0.0668. The van der Waals surface area contributed by atoms with Crippen LogP contribution in [0, 0.1) is 6.92 Å². The van der Waals surface area contributed by atoms with Crippen molar-refractivity contribution in [3.8, 4) is 5.75 Å². The van der Waals surface area contributed by atoms with Gasteiger partial charge in [0.2, 0.25) is 0 Å². The van der Waals surface area contributed by atoms with Crippen LogP contribution in [-0.2, 0) is 19.7 Å². The van der Waals surface area contributed by atoms with Gasteiger partial charge in [0.1, 0.15) is 12.4 Å². The maximum Gasteiger partial charge on any atom is 0.254 e. The number of carbonyl (C=O) groups excluding carboxylic acids is 1. The van der Waals surface area contributed by atoms with Crippen LogP contribution in [0.25, 0.3) is 0 Å². The third-order valence-corrected chi connectivity index (χ3v) is 6.40. The number of rotatable bonds is 8. The van der Waals surface area contributed by atoms with Gasteiger partial charge in [-0.15, -0.1) is 0 Å². The van der Waals surface area contributed by atoms with E-state index in [1.165, 1.54) is 10.6 Å². The number of ketones is 1. The number of hydrogen-bond acceptors (Lipinski definition) is 6. The number of pyridine rings is 2. The maximum atomic E-state index is 12.9. The van der Waals surface area contributed by atoms with Gasteiger partial charge in [-0.2, -0.15) is 0 Å². The molecule has 0 unspecified atom stereocenters. The summed E-state index contributed by atoms with van der Waals surface area (Å²) in [6.07, 6.45) is 4.86. The van der Waals surface area contributed by atoms with Gasteiger partial charge in [0.25, 0.3) is 5.56 Å². The molecule has 2 aromatic heterocycles. The lowest BCUT2D eigenvalue weighted by atomic mass is 10.0. The van der Waals surface area contributed by atoms with Crippen LogP contribution in [0.2, 0.25) is 0 Å².